The van der Waals surface area contributed by atoms with E-state index in [0.29, 0.717) is 0 Å². The summed E-state index contributed by atoms with van der Waals surface area (Å²) in [4.78, 5) is 0. The first-order chi connectivity index (χ1) is 13.9. The molecule has 0 spiro atoms. The molecule has 0 saturated carbocycles. The molecule has 3 aromatic carbocycles. The third kappa shape index (κ3) is 3.25. The Labute approximate surface area is 176 Å². The maximum atomic E-state index is 11.7. The zero-order valence-electron chi connectivity index (χ0n) is 18.0. The largest absolute Gasteiger partial charge is 0.388 e. The van der Waals surface area contributed by atoms with Gasteiger partial charge in [0.2, 0.25) is 0 Å². The minimum Gasteiger partial charge on any atom is -0.388 e. The molecule has 0 radical (unpaired) electrons. The van der Waals surface area contributed by atoms with Crippen molar-refractivity contribution in [3.63, 3.8) is 0 Å². The van der Waals surface area contributed by atoms with Crippen LogP contribution in [0.5, 0.6) is 0 Å². The van der Waals surface area contributed by atoms with Gasteiger partial charge in [0.15, 0.2) is 0 Å². The van der Waals surface area contributed by atoms with Crippen molar-refractivity contribution in [1.29, 1.82) is 0 Å². The Morgan fingerprint density at radius 3 is 1.79 bits per heavy atom. The number of aliphatic hydroxyl groups is 1. The molecule has 0 aliphatic carbocycles. The first kappa shape index (κ1) is 20.3. The lowest BCUT2D eigenvalue weighted by molar-refractivity contribution is 0.0505. The molecule has 1 heterocycles. The van der Waals surface area contributed by atoms with Gasteiger partial charge in [0.05, 0.1) is 19.5 Å². The van der Waals surface area contributed by atoms with E-state index in [9.17, 15) is 5.11 Å². The SMILES string of the molecule is CC[P+]1([C@H](C)[C@H](O)C(C)(C)Cc2ccccc2)c2ccccc2-c2ccccc21. The first-order valence-corrected chi connectivity index (χ1v) is 12.8. The number of hydrogen-bond acceptors (Lipinski definition) is 1. The monoisotopic (exact) mass is 403 g/mol. The molecule has 3 aromatic rings. The van der Waals surface area contributed by atoms with Crippen molar-refractivity contribution in [3.8, 4) is 11.1 Å². The van der Waals surface area contributed by atoms with Crippen molar-refractivity contribution in [2.75, 3.05) is 6.16 Å². The van der Waals surface area contributed by atoms with Gasteiger partial charge in [0.1, 0.15) is 16.3 Å². The summed E-state index contributed by atoms with van der Waals surface area (Å²) in [5.41, 5.74) is 4.04. The highest BCUT2D eigenvalue weighted by Crippen LogP contribution is 2.67. The highest BCUT2D eigenvalue weighted by molar-refractivity contribution is 7.91. The Morgan fingerprint density at radius 2 is 1.28 bits per heavy atom. The van der Waals surface area contributed by atoms with Gasteiger partial charge in [-0.3, -0.25) is 0 Å². The molecule has 2 atom stereocenters. The normalized spacial score (nSPS) is 16.7. The highest BCUT2D eigenvalue weighted by atomic mass is 31.2. The van der Waals surface area contributed by atoms with Gasteiger partial charge in [0.25, 0.3) is 0 Å². The molecule has 1 nitrogen and oxygen atoms in total. The lowest BCUT2D eigenvalue weighted by atomic mass is 9.79. The Morgan fingerprint density at radius 1 is 0.793 bits per heavy atom. The third-order valence-electron chi connectivity index (χ3n) is 6.91. The second-order valence-electron chi connectivity index (χ2n) is 9.06. The molecule has 1 aliphatic heterocycles. The van der Waals surface area contributed by atoms with Crippen LogP contribution in [0.3, 0.4) is 0 Å². The lowest BCUT2D eigenvalue weighted by Gasteiger charge is -2.39. The average Bonchev–Trinajstić information content (AvgIpc) is 3.04. The standard InChI is InChI=1S/C27H32OP/c1-5-29(20(2)26(28)27(3,4)19-21-13-7-6-8-14-21)24-17-11-9-15-22(24)23-16-10-12-18-25(23)29/h6-18,20,26,28H,5,19H2,1-4H3/q+1/t20-,26+/m1/s1. The molecule has 0 aromatic heterocycles. The van der Waals surface area contributed by atoms with Crippen LogP contribution in [0.25, 0.3) is 11.1 Å². The number of hydrogen-bond donors (Lipinski definition) is 1. The Balaban J connectivity index is 1.77. The molecule has 4 rings (SSSR count). The van der Waals surface area contributed by atoms with Crippen LogP contribution in [-0.4, -0.2) is 23.0 Å². The molecule has 0 bridgehead atoms. The van der Waals surface area contributed by atoms with E-state index >= 15 is 0 Å². The maximum Gasteiger partial charge on any atom is 0.107 e. The smallest absolute Gasteiger partial charge is 0.107 e. The highest BCUT2D eigenvalue weighted by Gasteiger charge is 2.57. The van der Waals surface area contributed by atoms with Crippen molar-refractivity contribution in [2.24, 2.45) is 5.41 Å². The van der Waals surface area contributed by atoms with E-state index in [1.54, 1.807) is 0 Å². The molecular formula is C27H32OP+. The van der Waals surface area contributed by atoms with Gasteiger partial charge in [-0.2, -0.15) is 0 Å². The molecule has 0 amide bonds. The summed E-state index contributed by atoms with van der Waals surface area (Å²) in [5.74, 6) is 0. The van der Waals surface area contributed by atoms with Crippen LogP contribution in [0.15, 0.2) is 78.9 Å². The van der Waals surface area contributed by atoms with Gasteiger partial charge in [0, 0.05) is 11.1 Å². The first-order valence-electron chi connectivity index (χ1n) is 10.7. The van der Waals surface area contributed by atoms with E-state index < -0.39 is 7.26 Å². The van der Waals surface area contributed by atoms with Crippen LogP contribution in [0.1, 0.15) is 33.3 Å². The summed E-state index contributed by atoms with van der Waals surface area (Å²) in [6, 6.07) is 28.4. The molecule has 0 fully saturated rings. The van der Waals surface area contributed by atoms with Gasteiger partial charge in [-0.15, -0.1) is 0 Å². The molecule has 1 N–H and O–H groups in total. The van der Waals surface area contributed by atoms with Gasteiger partial charge >= 0.3 is 0 Å². The maximum absolute atomic E-state index is 11.7. The number of aliphatic hydroxyl groups excluding tert-OH is 1. The van der Waals surface area contributed by atoms with Crippen LogP contribution >= 0.6 is 7.26 Å². The fourth-order valence-corrected chi connectivity index (χ4v) is 10.7. The second-order valence-corrected chi connectivity index (χ2v) is 13.2. The predicted octanol–water partition coefficient (Wildman–Crippen LogP) is 5.67. The minimum atomic E-state index is -1.71. The van der Waals surface area contributed by atoms with Gasteiger partial charge in [-0.05, 0) is 43.4 Å². The second kappa shape index (κ2) is 7.71. The summed E-state index contributed by atoms with van der Waals surface area (Å²) in [5, 5.41) is 14.7. The van der Waals surface area contributed by atoms with Gasteiger partial charge < -0.3 is 5.11 Å². The van der Waals surface area contributed by atoms with Crippen molar-refractivity contribution in [1.82, 2.24) is 0 Å². The number of rotatable bonds is 6. The molecule has 0 unspecified atom stereocenters. The topological polar surface area (TPSA) is 20.2 Å². The molecule has 29 heavy (non-hydrogen) atoms. The number of fused-ring (bicyclic) bond motifs is 3. The third-order valence-corrected chi connectivity index (χ3v) is 12.1. The van der Waals surface area contributed by atoms with Crippen LogP contribution < -0.4 is 10.6 Å². The van der Waals surface area contributed by atoms with Crippen molar-refractivity contribution in [3.05, 3.63) is 84.4 Å². The van der Waals surface area contributed by atoms with Crippen LogP contribution in [0, 0.1) is 5.41 Å². The van der Waals surface area contributed by atoms with E-state index in [-0.39, 0.29) is 17.2 Å². The predicted molar refractivity (Wildman–Crippen MR) is 128 cm³/mol. The zero-order chi connectivity index (χ0) is 20.6. The van der Waals surface area contributed by atoms with Crippen LogP contribution in [0.4, 0.5) is 0 Å². The fraction of sp³-hybridized carbons (Fsp3) is 0.333. The Kier molecular flexibility index (Phi) is 5.40. The Bertz CT molecular complexity index is 947. The molecule has 1 aliphatic rings. The summed E-state index contributed by atoms with van der Waals surface area (Å²) in [6.07, 6.45) is 1.59. The lowest BCUT2D eigenvalue weighted by Crippen LogP contribution is -2.44. The van der Waals surface area contributed by atoms with E-state index in [2.05, 4.69) is 107 Å². The van der Waals surface area contributed by atoms with Gasteiger partial charge in [-0.1, -0.05) is 80.6 Å². The van der Waals surface area contributed by atoms with Gasteiger partial charge in [-0.25, -0.2) is 0 Å². The molecule has 0 saturated heterocycles. The minimum absolute atomic E-state index is 0.199. The zero-order valence-corrected chi connectivity index (χ0v) is 18.9. The molecule has 150 valence electrons. The van der Waals surface area contributed by atoms with E-state index in [1.165, 1.54) is 27.3 Å². The summed E-state index contributed by atoms with van der Waals surface area (Å²) in [7, 11) is -1.71. The molecular weight excluding hydrogens is 371 g/mol. The fourth-order valence-electron chi connectivity index (χ4n) is 5.42. The van der Waals surface area contributed by atoms with E-state index in [0.717, 1.165) is 12.6 Å². The van der Waals surface area contributed by atoms with Crippen LogP contribution in [-0.2, 0) is 6.42 Å². The summed E-state index contributed by atoms with van der Waals surface area (Å²) in [6.45, 7) is 9.07. The number of benzene rings is 3. The van der Waals surface area contributed by atoms with E-state index in [1.807, 2.05) is 0 Å². The molecule has 2 heteroatoms. The quantitative estimate of drug-likeness (QED) is 0.526. The average molecular weight is 404 g/mol. The summed E-state index contributed by atoms with van der Waals surface area (Å²) >= 11 is 0. The van der Waals surface area contributed by atoms with Crippen molar-refractivity contribution in [2.45, 2.75) is 45.9 Å². The van der Waals surface area contributed by atoms with E-state index in [4.69, 9.17) is 0 Å². The summed E-state index contributed by atoms with van der Waals surface area (Å²) < 4.78 is 0. The van der Waals surface area contributed by atoms with Crippen molar-refractivity contribution >= 4 is 17.9 Å². The Hall–Kier alpha value is -1.95. The van der Waals surface area contributed by atoms with Crippen molar-refractivity contribution < 1.29 is 5.11 Å². The van der Waals surface area contributed by atoms with Crippen LogP contribution in [0.2, 0.25) is 0 Å².